The van der Waals surface area contributed by atoms with Gasteiger partial charge in [-0.05, 0) is 58.6 Å². The summed E-state index contributed by atoms with van der Waals surface area (Å²) in [6, 6.07) is 12.9. The smallest absolute Gasteiger partial charge is 0.231 e. The fourth-order valence-corrected chi connectivity index (χ4v) is 3.18. The summed E-state index contributed by atoms with van der Waals surface area (Å²) in [5.41, 5.74) is 3.81. The van der Waals surface area contributed by atoms with Crippen LogP contribution in [-0.4, -0.2) is 6.79 Å². The van der Waals surface area contributed by atoms with Crippen molar-refractivity contribution in [2.45, 2.75) is 26.4 Å². The first-order chi connectivity index (χ1) is 10.1. The van der Waals surface area contributed by atoms with E-state index in [0.717, 1.165) is 22.5 Å². The Balaban J connectivity index is 1.71. The summed E-state index contributed by atoms with van der Waals surface area (Å²) in [7, 11) is 0. The van der Waals surface area contributed by atoms with E-state index in [1.54, 1.807) is 0 Å². The maximum atomic E-state index is 5.45. The van der Waals surface area contributed by atoms with Crippen molar-refractivity contribution in [2.24, 2.45) is 0 Å². The molecular formula is C17H18BrNO2. The van der Waals surface area contributed by atoms with Crippen LogP contribution in [-0.2, 0) is 6.54 Å². The molecule has 0 aromatic heterocycles. The van der Waals surface area contributed by atoms with E-state index in [0.29, 0.717) is 12.8 Å². The molecule has 0 saturated carbocycles. The molecule has 3 rings (SSSR count). The third-order valence-corrected chi connectivity index (χ3v) is 4.34. The predicted octanol–water partition coefficient (Wildman–Crippen LogP) is 4.34. The molecule has 3 nitrogen and oxygen atoms in total. The highest BCUT2D eigenvalue weighted by Gasteiger charge is 2.18. The Morgan fingerprint density at radius 2 is 2.05 bits per heavy atom. The van der Waals surface area contributed by atoms with Crippen LogP contribution in [0.1, 0.15) is 29.7 Å². The predicted molar refractivity (Wildman–Crippen MR) is 86.7 cm³/mol. The summed E-state index contributed by atoms with van der Waals surface area (Å²) in [5.74, 6) is 1.61. The first-order valence-corrected chi connectivity index (χ1v) is 7.81. The van der Waals surface area contributed by atoms with Gasteiger partial charge in [0.15, 0.2) is 11.5 Å². The molecule has 1 aliphatic rings. The van der Waals surface area contributed by atoms with E-state index < -0.39 is 0 Å². The zero-order chi connectivity index (χ0) is 14.8. The minimum absolute atomic E-state index is 0.296. The summed E-state index contributed by atoms with van der Waals surface area (Å²) in [6.07, 6.45) is 0. The topological polar surface area (TPSA) is 30.5 Å². The second-order valence-corrected chi connectivity index (χ2v) is 6.12. The van der Waals surface area contributed by atoms with Gasteiger partial charge in [0.25, 0.3) is 0 Å². The van der Waals surface area contributed by atoms with Crippen molar-refractivity contribution in [3.8, 4) is 11.5 Å². The van der Waals surface area contributed by atoms with E-state index in [9.17, 15) is 0 Å². The molecule has 1 N–H and O–H groups in total. The molecule has 0 unspecified atom stereocenters. The highest BCUT2D eigenvalue weighted by Crippen LogP contribution is 2.40. The molecule has 0 spiro atoms. The van der Waals surface area contributed by atoms with Gasteiger partial charge >= 0.3 is 0 Å². The number of fused-ring (bicyclic) bond motifs is 1. The normalized spacial score (nSPS) is 14.2. The van der Waals surface area contributed by atoms with E-state index in [2.05, 4.69) is 65.4 Å². The van der Waals surface area contributed by atoms with Gasteiger partial charge in [0.05, 0.1) is 4.47 Å². The molecule has 4 heteroatoms. The zero-order valence-electron chi connectivity index (χ0n) is 12.2. The number of rotatable bonds is 4. The molecular weight excluding hydrogens is 330 g/mol. The van der Waals surface area contributed by atoms with Crippen LogP contribution in [0.5, 0.6) is 11.5 Å². The molecule has 0 aliphatic carbocycles. The van der Waals surface area contributed by atoms with E-state index in [4.69, 9.17) is 9.47 Å². The number of hydrogen-bond acceptors (Lipinski definition) is 3. The Hall–Kier alpha value is -1.52. The van der Waals surface area contributed by atoms with Crippen LogP contribution in [0.15, 0.2) is 40.9 Å². The molecule has 1 aliphatic heterocycles. The minimum atomic E-state index is 0.296. The van der Waals surface area contributed by atoms with Crippen molar-refractivity contribution in [1.29, 1.82) is 0 Å². The molecule has 0 radical (unpaired) electrons. The monoisotopic (exact) mass is 347 g/mol. The van der Waals surface area contributed by atoms with Crippen molar-refractivity contribution in [1.82, 2.24) is 5.32 Å². The van der Waals surface area contributed by atoms with Crippen molar-refractivity contribution >= 4 is 15.9 Å². The van der Waals surface area contributed by atoms with Crippen LogP contribution in [0.25, 0.3) is 0 Å². The van der Waals surface area contributed by atoms with Gasteiger partial charge in [-0.15, -0.1) is 0 Å². The SMILES string of the molecule is Cc1ccccc1[C@@H](C)NCc1cc(Br)c2c(c1)OCO2. The van der Waals surface area contributed by atoms with Crippen LogP contribution >= 0.6 is 15.9 Å². The molecule has 2 aromatic carbocycles. The molecule has 0 bridgehead atoms. The van der Waals surface area contributed by atoms with Crippen molar-refractivity contribution in [3.63, 3.8) is 0 Å². The molecule has 0 saturated heterocycles. The van der Waals surface area contributed by atoms with Gasteiger partial charge in [0.2, 0.25) is 6.79 Å². The van der Waals surface area contributed by atoms with Gasteiger partial charge in [0.1, 0.15) is 0 Å². The summed E-state index contributed by atoms with van der Waals surface area (Å²) in [6.45, 7) is 5.41. The van der Waals surface area contributed by atoms with E-state index >= 15 is 0 Å². The van der Waals surface area contributed by atoms with Crippen LogP contribution < -0.4 is 14.8 Å². The fraction of sp³-hybridized carbons (Fsp3) is 0.294. The Morgan fingerprint density at radius 3 is 2.86 bits per heavy atom. The van der Waals surface area contributed by atoms with Crippen molar-refractivity contribution < 1.29 is 9.47 Å². The second-order valence-electron chi connectivity index (χ2n) is 5.27. The quantitative estimate of drug-likeness (QED) is 0.892. The lowest BCUT2D eigenvalue weighted by atomic mass is 10.0. The van der Waals surface area contributed by atoms with Crippen molar-refractivity contribution in [2.75, 3.05) is 6.79 Å². The molecule has 0 fully saturated rings. The van der Waals surface area contributed by atoms with Crippen LogP contribution in [0.3, 0.4) is 0 Å². The number of hydrogen-bond donors (Lipinski definition) is 1. The largest absolute Gasteiger partial charge is 0.454 e. The van der Waals surface area contributed by atoms with Crippen molar-refractivity contribution in [3.05, 3.63) is 57.6 Å². The maximum absolute atomic E-state index is 5.45. The lowest BCUT2D eigenvalue weighted by molar-refractivity contribution is 0.173. The number of halogens is 1. The molecule has 1 heterocycles. The number of benzene rings is 2. The summed E-state index contributed by atoms with van der Waals surface area (Å²) < 4.78 is 11.8. The van der Waals surface area contributed by atoms with Gasteiger partial charge in [-0.25, -0.2) is 0 Å². The summed E-state index contributed by atoms with van der Waals surface area (Å²) in [5, 5.41) is 3.56. The van der Waals surface area contributed by atoms with Crippen LogP contribution in [0.4, 0.5) is 0 Å². The summed E-state index contributed by atoms with van der Waals surface area (Å²) in [4.78, 5) is 0. The average molecular weight is 348 g/mol. The average Bonchev–Trinajstić information content (AvgIpc) is 2.94. The van der Waals surface area contributed by atoms with Crippen LogP contribution in [0.2, 0.25) is 0 Å². The second kappa shape index (κ2) is 6.08. The zero-order valence-corrected chi connectivity index (χ0v) is 13.7. The Morgan fingerprint density at radius 1 is 1.24 bits per heavy atom. The molecule has 2 aromatic rings. The Bertz CT molecular complexity index is 657. The van der Waals surface area contributed by atoms with Gasteiger partial charge in [0, 0.05) is 12.6 Å². The van der Waals surface area contributed by atoms with Gasteiger partial charge in [-0.2, -0.15) is 0 Å². The maximum Gasteiger partial charge on any atom is 0.231 e. The van der Waals surface area contributed by atoms with Gasteiger partial charge in [-0.3, -0.25) is 0 Å². The summed E-state index contributed by atoms with van der Waals surface area (Å²) >= 11 is 3.53. The lowest BCUT2D eigenvalue weighted by Gasteiger charge is -2.17. The van der Waals surface area contributed by atoms with E-state index in [1.807, 2.05) is 6.07 Å². The standard InChI is InChI=1S/C17H18BrNO2/c1-11-5-3-4-6-14(11)12(2)19-9-13-7-15(18)17-16(8-13)20-10-21-17/h3-8,12,19H,9-10H2,1-2H3/t12-/m1/s1. The minimum Gasteiger partial charge on any atom is -0.454 e. The van der Waals surface area contributed by atoms with Gasteiger partial charge in [-0.1, -0.05) is 24.3 Å². The first kappa shape index (κ1) is 14.4. The highest BCUT2D eigenvalue weighted by molar-refractivity contribution is 9.10. The Labute approximate surface area is 133 Å². The third kappa shape index (κ3) is 3.06. The molecule has 21 heavy (non-hydrogen) atoms. The van der Waals surface area contributed by atoms with Crippen LogP contribution in [0, 0.1) is 6.92 Å². The molecule has 110 valence electrons. The van der Waals surface area contributed by atoms with E-state index in [-0.39, 0.29) is 0 Å². The molecule has 0 amide bonds. The molecule has 1 atom stereocenters. The lowest BCUT2D eigenvalue weighted by Crippen LogP contribution is -2.18. The first-order valence-electron chi connectivity index (χ1n) is 7.02. The van der Waals surface area contributed by atoms with E-state index in [1.165, 1.54) is 16.7 Å². The number of aryl methyl sites for hydroxylation is 1. The number of nitrogens with one attached hydrogen (secondary N) is 1. The fourth-order valence-electron chi connectivity index (χ4n) is 2.58. The third-order valence-electron chi connectivity index (χ3n) is 3.75. The Kier molecular flexibility index (Phi) is 4.17. The van der Waals surface area contributed by atoms with Gasteiger partial charge < -0.3 is 14.8 Å². The highest BCUT2D eigenvalue weighted by atomic mass is 79.9. The number of ether oxygens (including phenoxy) is 2.